The van der Waals surface area contributed by atoms with E-state index in [1.807, 2.05) is 18.5 Å². The number of benzene rings is 3. The molecule has 0 saturated carbocycles. The number of nitrogens with one attached hydrogen (secondary N) is 3. The molecule has 6 rings (SSSR count). The van der Waals surface area contributed by atoms with Crippen LogP contribution in [0.1, 0.15) is 11.7 Å². The van der Waals surface area contributed by atoms with Crippen molar-refractivity contribution in [1.29, 1.82) is 0 Å². The molecule has 0 bridgehead atoms. The highest BCUT2D eigenvalue weighted by Gasteiger charge is 2.27. The van der Waals surface area contributed by atoms with Gasteiger partial charge in [-0.3, -0.25) is 0 Å². The van der Waals surface area contributed by atoms with Gasteiger partial charge in [-0.25, -0.2) is 4.98 Å². The molecular formula is C22H16N4. The quantitative estimate of drug-likeness (QED) is 0.359. The monoisotopic (exact) mass is 336 g/mol. The molecule has 0 atom stereocenters. The van der Waals surface area contributed by atoms with E-state index in [0.717, 1.165) is 11.0 Å². The molecule has 1 aliphatic heterocycles. The second-order valence-electron chi connectivity index (χ2n) is 6.71. The first kappa shape index (κ1) is 13.7. The molecule has 0 aliphatic carbocycles. The molecule has 0 unspecified atom stereocenters. The summed E-state index contributed by atoms with van der Waals surface area (Å²) in [6.07, 6.45) is 3.86. The minimum absolute atomic E-state index is 0.0113. The fourth-order valence-electron chi connectivity index (χ4n) is 4.14. The number of H-pyrrole nitrogens is 1. The number of hydrogen-bond donors (Lipinski definition) is 3. The zero-order chi connectivity index (χ0) is 17.1. The van der Waals surface area contributed by atoms with Crippen molar-refractivity contribution in [3.05, 3.63) is 78.6 Å². The molecular weight excluding hydrogens is 320 g/mol. The normalized spacial score (nSPS) is 13.8. The van der Waals surface area contributed by atoms with Crippen molar-refractivity contribution in [1.82, 2.24) is 9.97 Å². The molecule has 0 saturated heterocycles. The summed E-state index contributed by atoms with van der Waals surface area (Å²) in [7, 11) is 0. The van der Waals surface area contributed by atoms with E-state index in [2.05, 4.69) is 75.2 Å². The summed E-state index contributed by atoms with van der Waals surface area (Å²) < 4.78 is 0. The maximum absolute atomic E-state index is 4.41. The first-order valence-electron chi connectivity index (χ1n) is 8.79. The average molecular weight is 336 g/mol. The van der Waals surface area contributed by atoms with Gasteiger partial charge < -0.3 is 15.6 Å². The third-order valence-corrected chi connectivity index (χ3v) is 5.30. The van der Waals surface area contributed by atoms with Crippen LogP contribution in [-0.2, 0) is 0 Å². The van der Waals surface area contributed by atoms with Crippen molar-refractivity contribution < 1.29 is 0 Å². The minimum Gasteiger partial charge on any atom is -0.359 e. The van der Waals surface area contributed by atoms with E-state index in [4.69, 9.17) is 0 Å². The lowest BCUT2D eigenvalue weighted by Crippen LogP contribution is -2.11. The van der Waals surface area contributed by atoms with Gasteiger partial charge in [0.15, 0.2) is 0 Å². The van der Waals surface area contributed by atoms with Crippen molar-refractivity contribution in [3.8, 4) is 0 Å². The van der Waals surface area contributed by atoms with Crippen LogP contribution in [0.25, 0.3) is 32.6 Å². The molecule has 124 valence electrons. The molecule has 0 spiro atoms. The predicted octanol–water partition coefficient (Wildman–Crippen LogP) is 5.41. The molecule has 3 heterocycles. The molecule has 3 N–H and O–H groups in total. The van der Waals surface area contributed by atoms with E-state index in [1.54, 1.807) is 0 Å². The molecule has 4 nitrogen and oxygen atoms in total. The van der Waals surface area contributed by atoms with Gasteiger partial charge in [0.1, 0.15) is 11.8 Å². The lowest BCUT2D eigenvalue weighted by atomic mass is 9.99. The molecule has 26 heavy (non-hydrogen) atoms. The summed E-state index contributed by atoms with van der Waals surface area (Å²) in [5.74, 6) is 0. The molecule has 0 fully saturated rings. The van der Waals surface area contributed by atoms with Crippen LogP contribution in [0.3, 0.4) is 0 Å². The van der Waals surface area contributed by atoms with E-state index in [1.165, 1.54) is 38.5 Å². The van der Waals surface area contributed by atoms with Crippen molar-refractivity contribution in [2.45, 2.75) is 6.17 Å². The molecule has 0 amide bonds. The number of aromatic amines is 1. The highest BCUT2D eigenvalue weighted by Crippen LogP contribution is 2.46. The number of rotatable bonds is 1. The fourth-order valence-corrected chi connectivity index (χ4v) is 4.14. The number of pyridine rings is 1. The number of aromatic nitrogens is 2. The Hall–Kier alpha value is -3.53. The predicted molar refractivity (Wildman–Crippen MR) is 108 cm³/mol. The lowest BCUT2D eigenvalue weighted by Gasteiger charge is -2.11. The van der Waals surface area contributed by atoms with E-state index in [0.29, 0.717) is 0 Å². The van der Waals surface area contributed by atoms with Crippen molar-refractivity contribution in [3.63, 3.8) is 0 Å². The Morgan fingerprint density at radius 3 is 1.88 bits per heavy atom. The van der Waals surface area contributed by atoms with Gasteiger partial charge >= 0.3 is 0 Å². The van der Waals surface area contributed by atoms with Crippen LogP contribution in [0.5, 0.6) is 0 Å². The van der Waals surface area contributed by atoms with Gasteiger partial charge in [0.25, 0.3) is 0 Å². The Kier molecular flexibility index (Phi) is 2.63. The van der Waals surface area contributed by atoms with Crippen LogP contribution < -0.4 is 10.6 Å². The largest absolute Gasteiger partial charge is 0.359 e. The Labute approximate surface area is 149 Å². The lowest BCUT2D eigenvalue weighted by molar-refractivity contribution is 0.953. The van der Waals surface area contributed by atoms with Crippen LogP contribution in [-0.4, -0.2) is 9.97 Å². The van der Waals surface area contributed by atoms with Gasteiger partial charge in [-0.2, -0.15) is 0 Å². The Balaban J connectivity index is 1.60. The summed E-state index contributed by atoms with van der Waals surface area (Å²) in [5.41, 5.74) is 4.43. The van der Waals surface area contributed by atoms with Gasteiger partial charge in [-0.15, -0.1) is 0 Å². The summed E-state index contributed by atoms with van der Waals surface area (Å²) in [5, 5.41) is 13.6. The minimum atomic E-state index is 0.0113. The summed E-state index contributed by atoms with van der Waals surface area (Å²) >= 11 is 0. The maximum Gasteiger partial charge on any atom is 0.137 e. The molecule has 5 aromatic rings. The first-order valence-corrected chi connectivity index (χ1v) is 8.79. The zero-order valence-electron chi connectivity index (χ0n) is 14.0. The number of fused-ring (bicyclic) bond motifs is 7. The van der Waals surface area contributed by atoms with Crippen molar-refractivity contribution >= 4 is 44.0 Å². The Morgan fingerprint density at radius 2 is 1.23 bits per heavy atom. The molecule has 0 radical (unpaired) electrons. The molecule has 2 aromatic heterocycles. The Morgan fingerprint density at radius 1 is 0.654 bits per heavy atom. The topological polar surface area (TPSA) is 52.7 Å². The van der Waals surface area contributed by atoms with Crippen LogP contribution in [0.2, 0.25) is 0 Å². The third-order valence-electron chi connectivity index (χ3n) is 5.30. The first-order chi connectivity index (χ1) is 12.9. The average Bonchev–Trinajstić information content (AvgIpc) is 3.33. The highest BCUT2D eigenvalue weighted by atomic mass is 15.2. The summed E-state index contributed by atoms with van der Waals surface area (Å²) in [4.78, 5) is 7.69. The fraction of sp³-hybridized carbons (Fsp3) is 0.0455. The zero-order valence-corrected chi connectivity index (χ0v) is 14.0. The number of hydrogen-bond acceptors (Lipinski definition) is 3. The standard InChI is InChI=1S/C22H16N4/c1-3-8-15-13(6-1)14-7-2-4-9-16(14)20-19(15)25-22(26-20)18-12-24-21-17(18)10-5-11-23-21/h1-12,22,25-26H,(H,23,24). The van der Waals surface area contributed by atoms with Crippen LogP contribution >= 0.6 is 0 Å². The van der Waals surface area contributed by atoms with E-state index in [-0.39, 0.29) is 6.17 Å². The van der Waals surface area contributed by atoms with Gasteiger partial charge in [0.05, 0.1) is 11.4 Å². The molecule has 1 aliphatic rings. The van der Waals surface area contributed by atoms with Gasteiger partial charge in [0.2, 0.25) is 0 Å². The highest BCUT2D eigenvalue weighted by molar-refractivity contribution is 6.21. The van der Waals surface area contributed by atoms with E-state index >= 15 is 0 Å². The second kappa shape index (κ2) is 4.99. The molecule has 4 heteroatoms. The van der Waals surface area contributed by atoms with Crippen molar-refractivity contribution in [2.75, 3.05) is 10.6 Å². The number of nitrogens with zero attached hydrogens (tertiary/aromatic N) is 1. The summed E-state index contributed by atoms with van der Waals surface area (Å²) in [6.45, 7) is 0. The summed E-state index contributed by atoms with van der Waals surface area (Å²) in [6, 6.07) is 21.3. The third kappa shape index (κ3) is 1.76. The Bertz CT molecular complexity index is 1240. The van der Waals surface area contributed by atoms with Crippen LogP contribution in [0.15, 0.2) is 73.1 Å². The SMILES string of the molecule is c1cnc2[nH]cc(C3Nc4c(c5ccccc5c5ccccc45)N3)c2c1. The van der Waals surface area contributed by atoms with Crippen molar-refractivity contribution in [2.24, 2.45) is 0 Å². The van der Waals surface area contributed by atoms with E-state index in [9.17, 15) is 0 Å². The number of anilines is 2. The van der Waals surface area contributed by atoms with Gasteiger partial charge in [0, 0.05) is 34.1 Å². The van der Waals surface area contributed by atoms with E-state index < -0.39 is 0 Å². The smallest absolute Gasteiger partial charge is 0.137 e. The van der Waals surface area contributed by atoms with Crippen LogP contribution in [0, 0.1) is 0 Å². The van der Waals surface area contributed by atoms with Gasteiger partial charge in [-0.05, 0) is 22.9 Å². The maximum atomic E-state index is 4.41. The molecule has 3 aromatic carbocycles. The second-order valence-corrected chi connectivity index (χ2v) is 6.71. The van der Waals surface area contributed by atoms with Crippen LogP contribution in [0.4, 0.5) is 11.4 Å². The van der Waals surface area contributed by atoms with Gasteiger partial charge in [-0.1, -0.05) is 48.5 Å².